The van der Waals surface area contributed by atoms with Gasteiger partial charge in [0.2, 0.25) is 0 Å². The highest BCUT2D eigenvalue weighted by molar-refractivity contribution is 6.06. The van der Waals surface area contributed by atoms with Gasteiger partial charge in [-0.25, -0.2) is 9.97 Å². The highest BCUT2D eigenvalue weighted by atomic mass is 16.2. The van der Waals surface area contributed by atoms with Crippen molar-refractivity contribution in [1.29, 1.82) is 0 Å². The topological polar surface area (TPSA) is 75.2 Å². The predicted molar refractivity (Wildman–Crippen MR) is 108 cm³/mol. The summed E-state index contributed by atoms with van der Waals surface area (Å²) in [6.07, 6.45) is 0.847. The summed E-state index contributed by atoms with van der Waals surface area (Å²) in [5, 5.41) is 3.18. The molecule has 3 aromatic rings. The maximum atomic E-state index is 13.1. The van der Waals surface area contributed by atoms with Crippen LogP contribution >= 0.6 is 0 Å². The summed E-state index contributed by atoms with van der Waals surface area (Å²) in [6.45, 7) is 3.94. The van der Waals surface area contributed by atoms with Gasteiger partial charge >= 0.3 is 0 Å². The minimum Gasteiger partial charge on any atom is -0.340 e. The number of hydrogen-bond donors (Lipinski definition) is 1. The average molecular weight is 372 g/mol. The molecule has 0 aliphatic carbocycles. The lowest BCUT2D eigenvalue weighted by atomic mass is 10.1. The van der Waals surface area contributed by atoms with E-state index >= 15 is 0 Å². The van der Waals surface area contributed by atoms with Crippen molar-refractivity contribution in [2.75, 3.05) is 16.8 Å². The Bertz CT molecular complexity index is 1060. The minimum atomic E-state index is -0.134. The van der Waals surface area contributed by atoms with Crippen LogP contribution in [0, 0.1) is 6.92 Å². The van der Waals surface area contributed by atoms with Gasteiger partial charge < -0.3 is 10.2 Å². The molecule has 1 N–H and O–H groups in total. The first-order valence-electron chi connectivity index (χ1n) is 9.15. The molecule has 0 unspecified atom stereocenters. The van der Waals surface area contributed by atoms with E-state index in [1.54, 1.807) is 30.0 Å². The van der Waals surface area contributed by atoms with E-state index in [1.807, 2.05) is 36.4 Å². The molecule has 6 nitrogen and oxygen atoms in total. The number of carbonyl (C=O) groups is 2. The van der Waals surface area contributed by atoms with Crippen LogP contribution < -0.4 is 10.2 Å². The Kier molecular flexibility index (Phi) is 4.61. The first-order chi connectivity index (χ1) is 13.5. The summed E-state index contributed by atoms with van der Waals surface area (Å²) in [5.74, 6) is 0.939. The van der Waals surface area contributed by atoms with Gasteiger partial charge in [0.05, 0.1) is 0 Å². The molecular weight excluding hydrogens is 352 g/mol. The largest absolute Gasteiger partial charge is 0.340 e. The lowest BCUT2D eigenvalue weighted by Crippen LogP contribution is -2.30. The molecule has 0 saturated heterocycles. The number of nitrogens with one attached hydrogen (secondary N) is 1. The van der Waals surface area contributed by atoms with Crippen molar-refractivity contribution in [2.45, 2.75) is 20.3 Å². The third-order valence-corrected chi connectivity index (χ3v) is 4.75. The van der Waals surface area contributed by atoms with Crippen LogP contribution in [0.4, 0.5) is 17.2 Å². The number of fused-ring (bicyclic) bond motifs is 1. The molecule has 2 heterocycles. The standard InChI is InChI=1S/C22H20N4O2/c1-14(27)16-7-9-18(10-8-16)25-21-13-19(23-15(2)24-21)22(28)26-12-11-17-5-3-4-6-20(17)26/h3-10,13H,11-12H2,1-2H3,(H,23,24,25). The zero-order valence-electron chi connectivity index (χ0n) is 15.8. The summed E-state index contributed by atoms with van der Waals surface area (Å²) < 4.78 is 0. The van der Waals surface area contributed by atoms with Crippen molar-refractivity contribution in [3.05, 3.63) is 77.2 Å². The summed E-state index contributed by atoms with van der Waals surface area (Å²) in [4.78, 5) is 35.0. The molecule has 6 heteroatoms. The maximum Gasteiger partial charge on any atom is 0.277 e. The van der Waals surface area contributed by atoms with Crippen molar-refractivity contribution in [3.63, 3.8) is 0 Å². The number of aryl methyl sites for hydroxylation is 1. The van der Waals surface area contributed by atoms with Crippen LogP contribution in [0.25, 0.3) is 0 Å². The number of Topliss-reactive ketones (excluding diaryl/α,β-unsaturated/α-hetero) is 1. The Morgan fingerprint density at radius 3 is 2.54 bits per heavy atom. The zero-order valence-corrected chi connectivity index (χ0v) is 15.8. The fraction of sp³-hybridized carbons (Fsp3) is 0.182. The maximum absolute atomic E-state index is 13.1. The number of amides is 1. The van der Waals surface area contributed by atoms with Gasteiger partial charge in [0.1, 0.15) is 17.3 Å². The van der Waals surface area contributed by atoms with Crippen LogP contribution in [-0.2, 0) is 6.42 Å². The minimum absolute atomic E-state index is 0.0169. The van der Waals surface area contributed by atoms with E-state index in [9.17, 15) is 9.59 Å². The molecule has 4 rings (SSSR count). The van der Waals surface area contributed by atoms with Gasteiger partial charge in [0.25, 0.3) is 5.91 Å². The van der Waals surface area contributed by atoms with Crippen molar-refractivity contribution in [3.8, 4) is 0 Å². The SMILES string of the molecule is CC(=O)c1ccc(Nc2cc(C(=O)N3CCc4ccccc43)nc(C)n2)cc1. The molecule has 1 aromatic heterocycles. The van der Waals surface area contributed by atoms with E-state index in [0.717, 1.165) is 17.8 Å². The van der Waals surface area contributed by atoms with Crippen LogP contribution in [-0.4, -0.2) is 28.2 Å². The molecule has 0 fully saturated rings. The first kappa shape index (κ1) is 17.9. The molecule has 0 atom stereocenters. The smallest absolute Gasteiger partial charge is 0.277 e. The molecule has 0 bridgehead atoms. The molecule has 1 aliphatic rings. The third kappa shape index (κ3) is 3.49. The molecule has 0 saturated carbocycles. The number of hydrogen-bond acceptors (Lipinski definition) is 5. The molecule has 28 heavy (non-hydrogen) atoms. The molecular formula is C22H20N4O2. The highest BCUT2D eigenvalue weighted by Crippen LogP contribution is 2.29. The van der Waals surface area contributed by atoms with Crippen molar-refractivity contribution in [2.24, 2.45) is 0 Å². The number of para-hydroxylation sites is 1. The molecule has 1 aliphatic heterocycles. The van der Waals surface area contributed by atoms with Gasteiger partial charge in [-0.15, -0.1) is 0 Å². The van der Waals surface area contributed by atoms with Gasteiger partial charge in [-0.2, -0.15) is 0 Å². The Labute approximate surface area is 163 Å². The zero-order chi connectivity index (χ0) is 19.7. The van der Waals surface area contributed by atoms with Gasteiger partial charge in [0.15, 0.2) is 5.78 Å². The fourth-order valence-electron chi connectivity index (χ4n) is 3.36. The van der Waals surface area contributed by atoms with E-state index < -0.39 is 0 Å². The number of rotatable bonds is 4. The molecule has 2 aromatic carbocycles. The van der Waals surface area contributed by atoms with Crippen LogP contribution in [0.15, 0.2) is 54.6 Å². The molecule has 0 radical (unpaired) electrons. The van der Waals surface area contributed by atoms with E-state index in [0.29, 0.717) is 29.4 Å². The predicted octanol–water partition coefficient (Wildman–Crippen LogP) is 3.93. The van der Waals surface area contributed by atoms with Gasteiger partial charge in [-0.3, -0.25) is 9.59 Å². The summed E-state index contributed by atoms with van der Waals surface area (Å²) >= 11 is 0. The second-order valence-corrected chi connectivity index (χ2v) is 6.78. The van der Waals surface area contributed by atoms with Gasteiger partial charge in [-0.05, 0) is 56.2 Å². The van der Waals surface area contributed by atoms with E-state index in [4.69, 9.17) is 0 Å². The summed E-state index contributed by atoms with van der Waals surface area (Å²) in [6, 6.07) is 16.7. The van der Waals surface area contributed by atoms with Crippen LogP contribution in [0.2, 0.25) is 0 Å². The number of ketones is 1. The molecule has 140 valence electrons. The number of aromatic nitrogens is 2. The fourth-order valence-corrected chi connectivity index (χ4v) is 3.36. The lowest BCUT2D eigenvalue weighted by Gasteiger charge is -2.17. The Morgan fingerprint density at radius 1 is 1.04 bits per heavy atom. The van der Waals surface area contributed by atoms with E-state index in [2.05, 4.69) is 15.3 Å². The first-order valence-corrected chi connectivity index (χ1v) is 9.15. The summed E-state index contributed by atoms with van der Waals surface area (Å²) in [5.41, 5.74) is 3.90. The number of carbonyl (C=O) groups excluding carboxylic acids is 2. The number of nitrogens with zero attached hydrogens (tertiary/aromatic N) is 3. The summed E-state index contributed by atoms with van der Waals surface area (Å²) in [7, 11) is 0. The van der Waals surface area contributed by atoms with Gasteiger partial charge in [-0.1, -0.05) is 18.2 Å². The normalized spacial score (nSPS) is 12.6. The van der Waals surface area contributed by atoms with Crippen LogP contribution in [0.5, 0.6) is 0 Å². The van der Waals surface area contributed by atoms with Gasteiger partial charge in [0, 0.05) is 29.5 Å². The van der Waals surface area contributed by atoms with Crippen molar-refractivity contribution < 1.29 is 9.59 Å². The number of benzene rings is 2. The monoisotopic (exact) mass is 372 g/mol. The van der Waals surface area contributed by atoms with E-state index in [-0.39, 0.29) is 11.7 Å². The Hall–Kier alpha value is -3.54. The lowest BCUT2D eigenvalue weighted by molar-refractivity contribution is 0.0982. The second-order valence-electron chi connectivity index (χ2n) is 6.78. The molecule has 0 spiro atoms. The second kappa shape index (κ2) is 7.23. The van der Waals surface area contributed by atoms with Crippen LogP contribution in [0.3, 0.4) is 0 Å². The average Bonchev–Trinajstić information content (AvgIpc) is 3.11. The van der Waals surface area contributed by atoms with Crippen molar-refractivity contribution >= 4 is 28.9 Å². The highest BCUT2D eigenvalue weighted by Gasteiger charge is 2.26. The number of anilines is 3. The Morgan fingerprint density at radius 2 is 1.79 bits per heavy atom. The molecule has 1 amide bonds. The van der Waals surface area contributed by atoms with Crippen molar-refractivity contribution in [1.82, 2.24) is 9.97 Å². The quantitative estimate of drug-likeness (QED) is 0.702. The Balaban J connectivity index is 1.59. The van der Waals surface area contributed by atoms with E-state index in [1.165, 1.54) is 12.5 Å². The third-order valence-electron chi connectivity index (χ3n) is 4.75. The van der Waals surface area contributed by atoms with Crippen LogP contribution in [0.1, 0.15) is 39.2 Å².